The minimum absolute atomic E-state index is 0.331. The van der Waals surface area contributed by atoms with Crippen molar-refractivity contribution >= 4 is 44.6 Å². The largest absolute Gasteiger partial charge is 0.462 e. The molecule has 1 N–H and O–H groups in total. The van der Waals surface area contributed by atoms with Gasteiger partial charge < -0.3 is 9.64 Å². The number of carbonyl (C=O) groups is 1. The molecule has 2 aromatic heterocycles. The molecule has 9 heteroatoms. The molecule has 1 aromatic carbocycles. The lowest BCUT2D eigenvalue weighted by Gasteiger charge is -2.14. The summed E-state index contributed by atoms with van der Waals surface area (Å²) in [5, 5.41) is 19.2. The van der Waals surface area contributed by atoms with Gasteiger partial charge in [0.1, 0.15) is 10.6 Å². The van der Waals surface area contributed by atoms with Gasteiger partial charge in [0.15, 0.2) is 0 Å². The van der Waals surface area contributed by atoms with Crippen LogP contribution in [0.25, 0.3) is 10.1 Å². The Balaban J connectivity index is 2.09. The van der Waals surface area contributed by atoms with E-state index in [4.69, 9.17) is 4.74 Å². The van der Waals surface area contributed by atoms with Crippen LogP contribution in [-0.4, -0.2) is 42.1 Å². The molecule has 0 radical (unpaired) electrons. The standard InChI is InChI=1S/C15H16N6O2S/c1-4-23-15(22)12-7-9-11(21(2)3)6-5-10(14(9)24-12)17-18-13-8-16-20-19-13/h5-8H,4H2,1-3H3,(H,16,19,20). The summed E-state index contributed by atoms with van der Waals surface area (Å²) in [5.74, 6) is 0.0600. The first kappa shape index (κ1) is 16.1. The molecular formula is C15H16N6O2S. The summed E-state index contributed by atoms with van der Waals surface area (Å²) in [6.45, 7) is 2.13. The van der Waals surface area contributed by atoms with Crippen LogP contribution >= 0.6 is 11.3 Å². The Labute approximate surface area is 142 Å². The van der Waals surface area contributed by atoms with Crippen molar-refractivity contribution in [3.8, 4) is 0 Å². The van der Waals surface area contributed by atoms with Gasteiger partial charge in [0.2, 0.25) is 5.82 Å². The number of azo groups is 1. The average Bonchev–Trinajstić information content (AvgIpc) is 3.22. The van der Waals surface area contributed by atoms with Crippen molar-refractivity contribution in [2.24, 2.45) is 10.2 Å². The van der Waals surface area contributed by atoms with E-state index in [1.54, 1.807) is 6.92 Å². The van der Waals surface area contributed by atoms with Gasteiger partial charge in [-0.15, -0.1) is 26.7 Å². The highest BCUT2D eigenvalue weighted by molar-refractivity contribution is 7.21. The third-order valence-corrected chi connectivity index (χ3v) is 4.40. The molecule has 0 bridgehead atoms. The number of nitrogens with one attached hydrogen (secondary N) is 1. The highest BCUT2D eigenvalue weighted by Gasteiger charge is 2.16. The number of aromatic amines is 1. The molecule has 0 atom stereocenters. The fraction of sp³-hybridized carbons (Fsp3) is 0.267. The summed E-state index contributed by atoms with van der Waals surface area (Å²) in [6.07, 6.45) is 1.48. The normalized spacial score (nSPS) is 11.3. The lowest BCUT2D eigenvalue weighted by molar-refractivity contribution is 0.0532. The summed E-state index contributed by atoms with van der Waals surface area (Å²) < 4.78 is 5.97. The van der Waals surface area contributed by atoms with Gasteiger partial charge in [0.25, 0.3) is 0 Å². The zero-order valence-corrected chi connectivity index (χ0v) is 14.3. The maximum absolute atomic E-state index is 12.0. The molecule has 0 fully saturated rings. The molecule has 2 heterocycles. The SMILES string of the molecule is CCOC(=O)c1cc2c(N(C)C)ccc(N=Nc3cn[nH]n3)c2s1. The Hall–Kier alpha value is -2.81. The highest BCUT2D eigenvalue weighted by atomic mass is 32.1. The Morgan fingerprint density at radius 2 is 2.21 bits per heavy atom. The van der Waals surface area contributed by atoms with Crippen LogP contribution in [0.15, 0.2) is 34.6 Å². The number of aromatic nitrogens is 3. The lowest BCUT2D eigenvalue weighted by Crippen LogP contribution is -2.08. The summed E-state index contributed by atoms with van der Waals surface area (Å²) in [4.78, 5) is 14.6. The second kappa shape index (κ2) is 6.75. The molecule has 0 saturated heterocycles. The van der Waals surface area contributed by atoms with Gasteiger partial charge >= 0.3 is 5.97 Å². The zero-order chi connectivity index (χ0) is 17.1. The van der Waals surface area contributed by atoms with Crippen LogP contribution in [0, 0.1) is 0 Å². The molecule has 0 aliphatic carbocycles. The Morgan fingerprint density at radius 1 is 1.38 bits per heavy atom. The predicted octanol–water partition coefficient (Wildman–Crippen LogP) is 3.68. The highest BCUT2D eigenvalue weighted by Crippen LogP contribution is 2.40. The lowest BCUT2D eigenvalue weighted by atomic mass is 10.2. The van der Waals surface area contributed by atoms with Gasteiger partial charge in [-0.1, -0.05) is 0 Å². The number of esters is 1. The van der Waals surface area contributed by atoms with Crippen molar-refractivity contribution in [3.63, 3.8) is 0 Å². The molecule has 3 aromatic rings. The average molecular weight is 344 g/mol. The van der Waals surface area contributed by atoms with E-state index in [1.807, 2.05) is 37.2 Å². The molecule has 0 amide bonds. The van der Waals surface area contributed by atoms with Crippen LogP contribution in [-0.2, 0) is 4.74 Å². The summed E-state index contributed by atoms with van der Waals surface area (Å²) >= 11 is 1.34. The van der Waals surface area contributed by atoms with Gasteiger partial charge in [-0.2, -0.15) is 10.3 Å². The fourth-order valence-electron chi connectivity index (χ4n) is 2.22. The number of ether oxygens (including phenoxy) is 1. The van der Waals surface area contributed by atoms with Gasteiger partial charge in [-0.3, -0.25) is 0 Å². The quantitative estimate of drug-likeness (QED) is 0.562. The maximum atomic E-state index is 12.0. The van der Waals surface area contributed by atoms with Crippen LogP contribution in [0.2, 0.25) is 0 Å². The number of thiophene rings is 1. The number of carbonyl (C=O) groups excluding carboxylic acids is 1. The topological polar surface area (TPSA) is 95.8 Å². The first-order chi connectivity index (χ1) is 11.6. The third kappa shape index (κ3) is 3.11. The molecule has 0 saturated carbocycles. The molecule has 24 heavy (non-hydrogen) atoms. The number of rotatable bonds is 5. The number of benzene rings is 1. The number of fused-ring (bicyclic) bond motifs is 1. The van der Waals surface area contributed by atoms with Crippen molar-refractivity contribution < 1.29 is 9.53 Å². The van der Waals surface area contributed by atoms with E-state index in [2.05, 4.69) is 25.6 Å². The monoisotopic (exact) mass is 344 g/mol. The predicted molar refractivity (Wildman–Crippen MR) is 92.7 cm³/mol. The van der Waals surface area contributed by atoms with E-state index in [9.17, 15) is 4.79 Å². The minimum atomic E-state index is -0.331. The number of anilines is 1. The third-order valence-electron chi connectivity index (χ3n) is 3.26. The Bertz CT molecular complexity index is 885. The molecule has 0 aliphatic heterocycles. The van der Waals surface area contributed by atoms with Crippen molar-refractivity contribution in [1.82, 2.24) is 15.4 Å². The Morgan fingerprint density at radius 3 is 2.88 bits per heavy atom. The van der Waals surface area contributed by atoms with Crippen molar-refractivity contribution in [2.45, 2.75) is 6.92 Å². The van der Waals surface area contributed by atoms with E-state index in [0.717, 1.165) is 15.8 Å². The van der Waals surface area contributed by atoms with E-state index in [0.29, 0.717) is 23.0 Å². The van der Waals surface area contributed by atoms with Crippen LogP contribution in [0.5, 0.6) is 0 Å². The van der Waals surface area contributed by atoms with Crippen molar-refractivity contribution in [2.75, 3.05) is 25.6 Å². The maximum Gasteiger partial charge on any atom is 0.348 e. The Kier molecular flexibility index (Phi) is 4.52. The number of hydrogen-bond donors (Lipinski definition) is 1. The molecule has 0 spiro atoms. The van der Waals surface area contributed by atoms with Gasteiger partial charge in [0.05, 0.1) is 17.5 Å². The smallest absolute Gasteiger partial charge is 0.348 e. The van der Waals surface area contributed by atoms with E-state index in [1.165, 1.54) is 17.5 Å². The zero-order valence-electron chi connectivity index (χ0n) is 13.5. The van der Waals surface area contributed by atoms with Crippen LogP contribution in [0.4, 0.5) is 17.2 Å². The summed E-state index contributed by atoms with van der Waals surface area (Å²) in [5.41, 5.74) is 1.66. The van der Waals surface area contributed by atoms with E-state index >= 15 is 0 Å². The molecule has 124 valence electrons. The van der Waals surface area contributed by atoms with Crippen LogP contribution in [0.1, 0.15) is 16.6 Å². The fourth-order valence-corrected chi connectivity index (χ4v) is 3.24. The van der Waals surface area contributed by atoms with Gasteiger partial charge in [0, 0.05) is 25.2 Å². The van der Waals surface area contributed by atoms with Crippen LogP contribution < -0.4 is 4.90 Å². The van der Waals surface area contributed by atoms with Crippen molar-refractivity contribution in [3.05, 3.63) is 29.3 Å². The molecule has 0 unspecified atom stereocenters. The van der Waals surface area contributed by atoms with Gasteiger partial charge in [-0.05, 0) is 25.1 Å². The number of hydrogen-bond acceptors (Lipinski definition) is 8. The second-order valence-corrected chi connectivity index (χ2v) is 6.15. The molecule has 3 rings (SSSR count). The molecule has 0 aliphatic rings. The minimum Gasteiger partial charge on any atom is -0.462 e. The first-order valence-corrected chi connectivity index (χ1v) is 8.10. The second-order valence-electron chi connectivity index (χ2n) is 5.10. The van der Waals surface area contributed by atoms with Crippen molar-refractivity contribution in [1.29, 1.82) is 0 Å². The first-order valence-electron chi connectivity index (χ1n) is 7.28. The van der Waals surface area contributed by atoms with Crippen LogP contribution in [0.3, 0.4) is 0 Å². The molecule has 8 nitrogen and oxygen atoms in total. The number of nitrogens with zero attached hydrogens (tertiary/aromatic N) is 5. The van der Waals surface area contributed by atoms with Gasteiger partial charge in [-0.25, -0.2) is 4.79 Å². The number of H-pyrrole nitrogens is 1. The molecular weight excluding hydrogens is 328 g/mol. The summed E-state index contributed by atoms with van der Waals surface area (Å²) in [6, 6.07) is 5.65. The van der Waals surface area contributed by atoms with E-state index < -0.39 is 0 Å². The summed E-state index contributed by atoms with van der Waals surface area (Å²) in [7, 11) is 3.90. The van der Waals surface area contributed by atoms with E-state index in [-0.39, 0.29) is 5.97 Å².